The maximum Gasteiger partial charge on any atom is 0.0612 e. The van der Waals surface area contributed by atoms with E-state index >= 15 is 0 Å². The van der Waals surface area contributed by atoms with Crippen molar-refractivity contribution < 1.29 is 0 Å². The average molecular weight is 369 g/mol. The molecule has 3 heterocycles. The SMILES string of the molecule is C.CC(C)c1cnccn1.CCCc1cnccn1.CCc1cnccn1. The highest BCUT2D eigenvalue weighted by atomic mass is 14.8. The van der Waals surface area contributed by atoms with Crippen LogP contribution in [0.15, 0.2) is 55.8 Å². The highest BCUT2D eigenvalue weighted by Gasteiger charge is 1.96. The van der Waals surface area contributed by atoms with E-state index in [-0.39, 0.29) is 7.43 Å². The molecule has 3 aromatic heterocycles. The first-order chi connectivity index (χ1) is 12.7. The lowest BCUT2D eigenvalue weighted by atomic mass is 10.1. The molecule has 0 saturated heterocycles. The van der Waals surface area contributed by atoms with Gasteiger partial charge in [-0.05, 0) is 18.8 Å². The minimum Gasteiger partial charge on any atom is -0.261 e. The van der Waals surface area contributed by atoms with Crippen LogP contribution in [0.1, 0.15) is 64.5 Å². The van der Waals surface area contributed by atoms with Crippen LogP contribution in [-0.2, 0) is 12.8 Å². The summed E-state index contributed by atoms with van der Waals surface area (Å²) < 4.78 is 0. The van der Waals surface area contributed by atoms with E-state index in [1.165, 1.54) is 0 Å². The minimum absolute atomic E-state index is 0. The fourth-order valence-corrected chi connectivity index (χ4v) is 1.84. The van der Waals surface area contributed by atoms with Gasteiger partial charge in [0.2, 0.25) is 0 Å². The van der Waals surface area contributed by atoms with Crippen LogP contribution in [0, 0.1) is 0 Å². The van der Waals surface area contributed by atoms with E-state index in [9.17, 15) is 0 Å². The molecular weight excluding hydrogens is 336 g/mol. The summed E-state index contributed by atoms with van der Waals surface area (Å²) in [5.41, 5.74) is 3.19. The van der Waals surface area contributed by atoms with Crippen molar-refractivity contribution in [3.63, 3.8) is 0 Å². The van der Waals surface area contributed by atoms with Crippen LogP contribution in [0.4, 0.5) is 0 Å². The topological polar surface area (TPSA) is 77.3 Å². The molecule has 0 amide bonds. The van der Waals surface area contributed by atoms with Crippen LogP contribution in [-0.4, -0.2) is 29.9 Å². The van der Waals surface area contributed by atoms with Crippen LogP contribution < -0.4 is 0 Å². The van der Waals surface area contributed by atoms with Gasteiger partial charge in [0.15, 0.2) is 0 Å². The summed E-state index contributed by atoms with van der Waals surface area (Å²) in [6.07, 6.45) is 18.7. The third kappa shape index (κ3) is 11.5. The number of hydrogen-bond acceptors (Lipinski definition) is 6. The van der Waals surface area contributed by atoms with E-state index in [1.807, 2.05) is 6.20 Å². The summed E-state index contributed by atoms with van der Waals surface area (Å²) in [5.74, 6) is 0.485. The fraction of sp³-hybridized carbons (Fsp3) is 0.429. The Labute approximate surface area is 163 Å². The Hall–Kier alpha value is -2.76. The summed E-state index contributed by atoms with van der Waals surface area (Å²) in [6, 6.07) is 0. The Kier molecular flexibility index (Phi) is 13.9. The second kappa shape index (κ2) is 15.5. The number of hydrogen-bond donors (Lipinski definition) is 0. The zero-order valence-corrected chi connectivity index (χ0v) is 16.1. The van der Waals surface area contributed by atoms with Crippen molar-refractivity contribution in [1.82, 2.24) is 29.9 Å². The lowest BCUT2D eigenvalue weighted by Gasteiger charge is -1.99. The predicted octanol–water partition coefficient (Wildman–Crippen LogP) is 4.70. The zero-order chi connectivity index (χ0) is 19.0. The second-order valence-electron chi connectivity index (χ2n) is 5.78. The molecule has 27 heavy (non-hydrogen) atoms. The first kappa shape index (κ1) is 24.2. The molecular formula is C21H32N6. The molecule has 0 N–H and O–H groups in total. The van der Waals surface area contributed by atoms with Gasteiger partial charge in [0.25, 0.3) is 0 Å². The standard InChI is InChI=1S/2C7H10N2.C6H8N2.CH4/c1-6(2)7-5-8-3-4-9-7;1-2-3-7-6-8-4-5-9-7;1-2-6-5-7-3-4-8-6;/h3-6H,1-2H3;4-6H,2-3H2,1H3;3-5H,2H2,1H3;1H4. The van der Waals surface area contributed by atoms with Gasteiger partial charge in [0.05, 0.1) is 17.1 Å². The molecule has 146 valence electrons. The fourth-order valence-electron chi connectivity index (χ4n) is 1.84. The Morgan fingerprint density at radius 2 is 1.22 bits per heavy atom. The first-order valence-corrected chi connectivity index (χ1v) is 8.93. The van der Waals surface area contributed by atoms with Gasteiger partial charge < -0.3 is 0 Å². The van der Waals surface area contributed by atoms with E-state index in [2.05, 4.69) is 57.6 Å². The van der Waals surface area contributed by atoms with Crippen molar-refractivity contribution in [3.8, 4) is 0 Å². The molecule has 0 spiro atoms. The van der Waals surface area contributed by atoms with Crippen molar-refractivity contribution in [2.24, 2.45) is 0 Å². The van der Waals surface area contributed by atoms with Gasteiger partial charge in [0.1, 0.15) is 0 Å². The molecule has 0 atom stereocenters. The molecule has 6 nitrogen and oxygen atoms in total. The van der Waals surface area contributed by atoms with Crippen molar-refractivity contribution in [2.75, 3.05) is 0 Å². The maximum absolute atomic E-state index is 4.12. The normalized spacial score (nSPS) is 9.22. The van der Waals surface area contributed by atoms with Crippen molar-refractivity contribution in [1.29, 1.82) is 0 Å². The molecule has 0 aliphatic heterocycles. The molecule has 6 heteroatoms. The Balaban J connectivity index is 0.000000369. The summed E-state index contributed by atoms with van der Waals surface area (Å²) >= 11 is 0. The van der Waals surface area contributed by atoms with Crippen molar-refractivity contribution in [2.45, 2.75) is 60.3 Å². The molecule has 0 fully saturated rings. The third-order valence-corrected chi connectivity index (χ3v) is 3.28. The second-order valence-corrected chi connectivity index (χ2v) is 5.78. The monoisotopic (exact) mass is 368 g/mol. The van der Waals surface area contributed by atoms with E-state index in [0.717, 1.165) is 36.3 Å². The molecule has 3 rings (SSSR count). The largest absolute Gasteiger partial charge is 0.261 e. The highest BCUT2D eigenvalue weighted by molar-refractivity contribution is 4.99. The number of aromatic nitrogens is 6. The predicted molar refractivity (Wildman–Crippen MR) is 110 cm³/mol. The quantitative estimate of drug-likeness (QED) is 0.664. The molecule has 0 radical (unpaired) electrons. The Morgan fingerprint density at radius 1 is 0.704 bits per heavy atom. The van der Waals surface area contributed by atoms with Crippen molar-refractivity contribution >= 4 is 0 Å². The zero-order valence-electron chi connectivity index (χ0n) is 16.1. The van der Waals surface area contributed by atoms with Crippen LogP contribution >= 0.6 is 0 Å². The maximum atomic E-state index is 4.12. The van der Waals surface area contributed by atoms with Gasteiger partial charge in [-0.3, -0.25) is 29.9 Å². The molecule has 3 aromatic rings. The lowest BCUT2D eigenvalue weighted by molar-refractivity contribution is 0.812. The Bertz CT molecular complexity index is 675. The van der Waals surface area contributed by atoms with Gasteiger partial charge >= 0.3 is 0 Å². The van der Waals surface area contributed by atoms with Gasteiger partial charge in [-0.2, -0.15) is 0 Å². The van der Waals surface area contributed by atoms with Crippen LogP contribution in [0.5, 0.6) is 0 Å². The van der Waals surface area contributed by atoms with Gasteiger partial charge in [-0.1, -0.05) is 41.5 Å². The van der Waals surface area contributed by atoms with E-state index < -0.39 is 0 Å². The van der Waals surface area contributed by atoms with Crippen LogP contribution in [0.3, 0.4) is 0 Å². The molecule has 0 unspecified atom stereocenters. The summed E-state index contributed by atoms with van der Waals surface area (Å²) in [6.45, 7) is 8.40. The summed E-state index contributed by atoms with van der Waals surface area (Å²) in [5, 5.41) is 0. The summed E-state index contributed by atoms with van der Waals surface area (Å²) in [7, 11) is 0. The third-order valence-electron chi connectivity index (χ3n) is 3.28. The first-order valence-electron chi connectivity index (χ1n) is 8.93. The number of rotatable bonds is 4. The number of aryl methyl sites for hydroxylation is 2. The van der Waals surface area contributed by atoms with Crippen molar-refractivity contribution in [3.05, 3.63) is 72.9 Å². The number of nitrogens with zero attached hydrogens (tertiary/aromatic N) is 6. The lowest BCUT2D eigenvalue weighted by Crippen LogP contribution is -1.91. The van der Waals surface area contributed by atoms with Gasteiger partial charge in [-0.25, -0.2) is 0 Å². The molecule has 0 aliphatic carbocycles. The average Bonchev–Trinajstić information content (AvgIpc) is 2.71. The Morgan fingerprint density at radius 3 is 1.52 bits per heavy atom. The van der Waals surface area contributed by atoms with E-state index in [0.29, 0.717) is 5.92 Å². The van der Waals surface area contributed by atoms with Gasteiger partial charge in [0, 0.05) is 55.8 Å². The van der Waals surface area contributed by atoms with Crippen LogP contribution in [0.25, 0.3) is 0 Å². The van der Waals surface area contributed by atoms with Crippen LogP contribution in [0.2, 0.25) is 0 Å². The molecule has 0 bridgehead atoms. The minimum atomic E-state index is 0. The molecule has 0 aliphatic rings. The highest BCUT2D eigenvalue weighted by Crippen LogP contribution is 2.06. The smallest absolute Gasteiger partial charge is 0.0612 e. The van der Waals surface area contributed by atoms with Gasteiger partial charge in [-0.15, -0.1) is 0 Å². The summed E-state index contributed by atoms with van der Waals surface area (Å²) in [4.78, 5) is 24.0. The molecule has 0 aromatic carbocycles. The van der Waals surface area contributed by atoms with E-state index in [1.54, 1.807) is 49.6 Å². The van der Waals surface area contributed by atoms with E-state index in [4.69, 9.17) is 0 Å². The molecule has 0 saturated carbocycles.